The van der Waals surface area contributed by atoms with E-state index in [-0.39, 0.29) is 0 Å². The Hall–Kier alpha value is -0.0400. The quantitative estimate of drug-likeness (QED) is 0.703. The maximum absolute atomic E-state index is 4.16. The maximum atomic E-state index is 4.16. The molecule has 0 radical (unpaired) electrons. The first-order valence-corrected chi connectivity index (χ1v) is 9.22. The molecule has 116 valence electrons. The summed E-state index contributed by atoms with van der Waals surface area (Å²) in [6.45, 7) is 10.0. The Morgan fingerprint density at radius 2 is 1.80 bits per heavy atom. The summed E-state index contributed by atoms with van der Waals surface area (Å²) >= 11 is 0. The molecule has 1 heteroatoms. The summed E-state index contributed by atoms with van der Waals surface area (Å²) < 4.78 is 0. The predicted molar refractivity (Wildman–Crippen MR) is 86.8 cm³/mol. The molecule has 0 spiro atoms. The van der Waals surface area contributed by atoms with Crippen LogP contribution in [0.15, 0.2) is 0 Å². The first-order valence-electron chi connectivity index (χ1n) is 9.22. The van der Waals surface area contributed by atoms with Crippen LogP contribution in [-0.4, -0.2) is 12.1 Å². The van der Waals surface area contributed by atoms with Crippen molar-refractivity contribution in [1.29, 1.82) is 0 Å². The molecule has 20 heavy (non-hydrogen) atoms. The van der Waals surface area contributed by atoms with Gasteiger partial charge in [0.05, 0.1) is 0 Å². The van der Waals surface area contributed by atoms with E-state index in [1.165, 1.54) is 57.8 Å². The van der Waals surface area contributed by atoms with Crippen LogP contribution >= 0.6 is 0 Å². The van der Waals surface area contributed by atoms with Gasteiger partial charge in [0.1, 0.15) is 0 Å². The van der Waals surface area contributed by atoms with E-state index in [4.69, 9.17) is 0 Å². The number of nitrogens with one attached hydrogen (secondary N) is 1. The highest BCUT2D eigenvalue weighted by Crippen LogP contribution is 2.62. The van der Waals surface area contributed by atoms with Gasteiger partial charge in [-0.05, 0) is 61.2 Å². The lowest BCUT2D eigenvalue weighted by Gasteiger charge is -2.45. The predicted octanol–water partition coefficient (Wildman–Crippen LogP) is 5.15. The van der Waals surface area contributed by atoms with Crippen molar-refractivity contribution >= 4 is 0 Å². The summed E-state index contributed by atoms with van der Waals surface area (Å²) in [6.07, 6.45) is 13.0. The number of rotatable bonds is 3. The van der Waals surface area contributed by atoms with Crippen LogP contribution in [0.1, 0.15) is 85.5 Å². The average molecular weight is 277 g/mol. The van der Waals surface area contributed by atoms with Crippen molar-refractivity contribution in [1.82, 2.24) is 5.32 Å². The van der Waals surface area contributed by atoms with Gasteiger partial charge in [-0.3, -0.25) is 0 Å². The van der Waals surface area contributed by atoms with E-state index in [9.17, 15) is 0 Å². The van der Waals surface area contributed by atoms with Crippen LogP contribution in [0, 0.1) is 22.7 Å². The maximum Gasteiger partial charge on any atom is 0.0177 e. The molecule has 0 aromatic rings. The number of hydrogen-bond acceptors (Lipinski definition) is 1. The van der Waals surface area contributed by atoms with Gasteiger partial charge in [-0.25, -0.2) is 0 Å². The fourth-order valence-corrected chi connectivity index (χ4v) is 5.91. The van der Waals surface area contributed by atoms with Gasteiger partial charge in [-0.15, -0.1) is 0 Å². The van der Waals surface area contributed by atoms with Crippen LogP contribution < -0.4 is 5.32 Å². The second-order valence-electron chi connectivity index (χ2n) is 8.99. The van der Waals surface area contributed by atoms with Gasteiger partial charge >= 0.3 is 0 Å². The topological polar surface area (TPSA) is 12.0 Å². The largest absolute Gasteiger partial charge is 0.310 e. The fraction of sp³-hybridized carbons (Fsp3) is 1.00. The molecule has 0 saturated heterocycles. The summed E-state index contributed by atoms with van der Waals surface area (Å²) in [6, 6.07) is 1.56. The van der Waals surface area contributed by atoms with E-state index in [2.05, 4.69) is 33.0 Å². The molecular weight excluding hydrogens is 242 g/mol. The van der Waals surface area contributed by atoms with Gasteiger partial charge in [0.15, 0.2) is 0 Å². The smallest absolute Gasteiger partial charge is 0.0177 e. The molecule has 3 fully saturated rings. The molecule has 3 saturated carbocycles. The van der Waals surface area contributed by atoms with Crippen molar-refractivity contribution in [3.63, 3.8) is 0 Å². The first kappa shape index (κ1) is 14.9. The molecule has 0 aromatic heterocycles. The van der Waals surface area contributed by atoms with Crippen LogP contribution in [-0.2, 0) is 0 Å². The molecule has 0 amide bonds. The zero-order valence-electron chi connectivity index (χ0n) is 14.2. The molecule has 5 atom stereocenters. The molecule has 3 aliphatic rings. The molecule has 3 rings (SSSR count). The van der Waals surface area contributed by atoms with E-state index >= 15 is 0 Å². The zero-order chi connectivity index (χ0) is 14.4. The molecule has 1 nitrogen and oxygen atoms in total. The van der Waals surface area contributed by atoms with Crippen LogP contribution in [0.2, 0.25) is 0 Å². The van der Waals surface area contributed by atoms with Crippen LogP contribution in [0.5, 0.6) is 0 Å². The summed E-state index contributed by atoms with van der Waals surface area (Å²) in [5.74, 6) is 1.98. The van der Waals surface area contributed by atoms with Gasteiger partial charge in [-0.2, -0.15) is 0 Å². The van der Waals surface area contributed by atoms with Gasteiger partial charge in [0, 0.05) is 12.1 Å². The minimum Gasteiger partial charge on any atom is -0.310 e. The lowest BCUT2D eigenvalue weighted by molar-refractivity contribution is 0.0958. The number of hydrogen-bond donors (Lipinski definition) is 1. The molecule has 1 N–H and O–H groups in total. The van der Waals surface area contributed by atoms with Crippen molar-refractivity contribution in [3.05, 3.63) is 0 Å². The Bertz CT molecular complexity index is 343. The van der Waals surface area contributed by atoms with E-state index in [1.807, 2.05) is 0 Å². The molecular formula is C19H35N. The van der Waals surface area contributed by atoms with Gasteiger partial charge < -0.3 is 5.32 Å². The lowest BCUT2D eigenvalue weighted by Crippen LogP contribution is -2.53. The monoisotopic (exact) mass is 277 g/mol. The highest BCUT2D eigenvalue weighted by Gasteiger charge is 2.59. The third-order valence-electron chi connectivity index (χ3n) is 7.34. The minimum atomic E-state index is 0.517. The lowest BCUT2D eigenvalue weighted by atomic mass is 9.68. The van der Waals surface area contributed by atoms with Crippen molar-refractivity contribution in [2.45, 2.75) is 97.6 Å². The summed E-state index contributed by atoms with van der Waals surface area (Å²) in [7, 11) is 0. The number of fused-ring (bicyclic) bond motifs is 2. The standard InChI is InChI=1S/C19H35N/c1-5-14-7-6-8-16(10-9-14)20-17-18(2,3)15-11-12-19(17,4)13-15/h14-17,20H,5-13H2,1-4H3. The van der Waals surface area contributed by atoms with Crippen molar-refractivity contribution in [3.8, 4) is 0 Å². The van der Waals surface area contributed by atoms with Crippen molar-refractivity contribution in [2.24, 2.45) is 22.7 Å². The van der Waals surface area contributed by atoms with Crippen LogP contribution in [0.3, 0.4) is 0 Å². The van der Waals surface area contributed by atoms with Crippen LogP contribution in [0.25, 0.3) is 0 Å². The van der Waals surface area contributed by atoms with Gasteiger partial charge in [0.25, 0.3) is 0 Å². The van der Waals surface area contributed by atoms with E-state index in [1.54, 1.807) is 0 Å². The normalized spacial score (nSPS) is 47.4. The summed E-state index contributed by atoms with van der Waals surface area (Å²) in [4.78, 5) is 0. The second-order valence-corrected chi connectivity index (χ2v) is 8.99. The van der Waals surface area contributed by atoms with Crippen molar-refractivity contribution < 1.29 is 0 Å². The Balaban J connectivity index is 1.65. The molecule has 0 aromatic carbocycles. The fourth-order valence-electron chi connectivity index (χ4n) is 5.91. The minimum absolute atomic E-state index is 0.517. The zero-order valence-corrected chi connectivity index (χ0v) is 14.2. The SMILES string of the molecule is CCC1CCCC(NC2C3(C)CCC(C3)C2(C)C)CC1. The second kappa shape index (κ2) is 5.30. The van der Waals surface area contributed by atoms with Gasteiger partial charge in [0.2, 0.25) is 0 Å². The Kier molecular flexibility index (Phi) is 3.95. The van der Waals surface area contributed by atoms with E-state index in [0.29, 0.717) is 10.8 Å². The molecule has 0 heterocycles. The molecule has 5 unspecified atom stereocenters. The molecule has 3 aliphatic carbocycles. The molecule has 2 bridgehead atoms. The highest BCUT2D eigenvalue weighted by atomic mass is 15.0. The summed E-state index contributed by atoms with van der Waals surface area (Å²) in [5, 5.41) is 4.16. The van der Waals surface area contributed by atoms with Crippen LogP contribution in [0.4, 0.5) is 0 Å². The Morgan fingerprint density at radius 1 is 1.00 bits per heavy atom. The third-order valence-corrected chi connectivity index (χ3v) is 7.34. The van der Waals surface area contributed by atoms with E-state index < -0.39 is 0 Å². The Labute approximate surface area is 126 Å². The van der Waals surface area contributed by atoms with E-state index in [0.717, 1.165) is 23.9 Å². The Morgan fingerprint density at radius 3 is 2.45 bits per heavy atom. The average Bonchev–Trinajstić information content (AvgIpc) is 2.77. The summed E-state index contributed by atoms with van der Waals surface area (Å²) in [5.41, 5.74) is 1.11. The highest BCUT2D eigenvalue weighted by molar-refractivity contribution is 5.12. The molecule has 0 aliphatic heterocycles. The van der Waals surface area contributed by atoms with Gasteiger partial charge in [-0.1, -0.05) is 47.0 Å². The van der Waals surface area contributed by atoms with Crippen molar-refractivity contribution in [2.75, 3.05) is 0 Å². The first-order chi connectivity index (χ1) is 9.45. The third kappa shape index (κ3) is 2.45.